The molecule has 1 heterocycles. The highest BCUT2D eigenvalue weighted by molar-refractivity contribution is 5.84. The predicted molar refractivity (Wildman–Crippen MR) is 94.1 cm³/mol. The molecule has 0 saturated carbocycles. The summed E-state index contributed by atoms with van der Waals surface area (Å²) in [5, 5.41) is 10.2. The topological polar surface area (TPSA) is 42.8 Å². The van der Waals surface area contributed by atoms with Gasteiger partial charge >= 0.3 is 0 Å². The fourth-order valence-electron chi connectivity index (χ4n) is 2.92. The van der Waals surface area contributed by atoms with Crippen molar-refractivity contribution in [3.05, 3.63) is 71.4 Å². The van der Waals surface area contributed by atoms with Crippen molar-refractivity contribution in [2.24, 2.45) is 0 Å². The van der Waals surface area contributed by atoms with E-state index in [0.717, 1.165) is 37.1 Å². The highest BCUT2D eigenvalue weighted by atomic mass is 15.1. The lowest BCUT2D eigenvalue weighted by Gasteiger charge is -2.20. The van der Waals surface area contributed by atoms with Gasteiger partial charge in [-0.05, 0) is 42.3 Å². The summed E-state index contributed by atoms with van der Waals surface area (Å²) in [5.74, 6) is 0. The Morgan fingerprint density at radius 1 is 1.13 bits per heavy atom. The molecule has 23 heavy (non-hydrogen) atoms. The molecule has 0 fully saturated rings. The van der Waals surface area contributed by atoms with Crippen LogP contribution in [0.4, 0.5) is 0 Å². The molecule has 3 aromatic rings. The van der Waals surface area contributed by atoms with Crippen LogP contribution in [-0.4, -0.2) is 23.0 Å². The van der Waals surface area contributed by atoms with Gasteiger partial charge < -0.3 is 4.98 Å². The number of nitriles is 1. The molecule has 0 saturated heterocycles. The highest BCUT2D eigenvalue weighted by Crippen LogP contribution is 2.20. The molecule has 1 aromatic heterocycles. The van der Waals surface area contributed by atoms with E-state index < -0.39 is 0 Å². The van der Waals surface area contributed by atoms with E-state index in [2.05, 4.69) is 59.4 Å². The molecule has 116 valence electrons. The van der Waals surface area contributed by atoms with Crippen LogP contribution in [0.25, 0.3) is 10.9 Å². The molecule has 0 aliphatic carbocycles. The van der Waals surface area contributed by atoms with Gasteiger partial charge in [-0.1, -0.05) is 37.3 Å². The molecule has 2 aromatic carbocycles. The smallest absolute Gasteiger partial charge is 0.0991 e. The summed E-state index contributed by atoms with van der Waals surface area (Å²) in [5.41, 5.74) is 4.45. The molecule has 0 atom stereocenters. The monoisotopic (exact) mass is 303 g/mol. The first-order valence-electron chi connectivity index (χ1n) is 8.06. The minimum atomic E-state index is 0.718. The normalized spacial score (nSPS) is 11.0. The van der Waals surface area contributed by atoms with Crippen molar-refractivity contribution in [1.82, 2.24) is 9.88 Å². The third-order valence-corrected chi connectivity index (χ3v) is 4.29. The maximum atomic E-state index is 9.08. The first-order chi connectivity index (χ1) is 11.3. The SMILES string of the molecule is CCN(CCc1c[nH]c2ccc(C#N)cc12)Cc1ccccc1. The molecule has 0 radical (unpaired) electrons. The second-order valence-corrected chi connectivity index (χ2v) is 5.79. The van der Waals surface area contributed by atoms with Crippen LogP contribution in [-0.2, 0) is 13.0 Å². The maximum Gasteiger partial charge on any atom is 0.0991 e. The van der Waals surface area contributed by atoms with E-state index in [1.165, 1.54) is 16.5 Å². The quantitative estimate of drug-likeness (QED) is 0.745. The van der Waals surface area contributed by atoms with E-state index in [1.807, 2.05) is 18.2 Å². The van der Waals surface area contributed by atoms with Gasteiger partial charge in [0.25, 0.3) is 0 Å². The van der Waals surface area contributed by atoms with Crippen LogP contribution in [0.15, 0.2) is 54.7 Å². The molecule has 3 rings (SSSR count). The fraction of sp³-hybridized carbons (Fsp3) is 0.250. The molecule has 0 aliphatic heterocycles. The summed E-state index contributed by atoms with van der Waals surface area (Å²) >= 11 is 0. The van der Waals surface area contributed by atoms with E-state index in [1.54, 1.807) is 0 Å². The first-order valence-corrected chi connectivity index (χ1v) is 8.06. The minimum Gasteiger partial charge on any atom is -0.361 e. The van der Waals surface area contributed by atoms with E-state index in [-0.39, 0.29) is 0 Å². The number of hydrogen-bond acceptors (Lipinski definition) is 2. The van der Waals surface area contributed by atoms with Crippen LogP contribution in [0, 0.1) is 11.3 Å². The molecule has 3 nitrogen and oxygen atoms in total. The molecular formula is C20H21N3. The van der Waals surface area contributed by atoms with Gasteiger partial charge in [0.2, 0.25) is 0 Å². The lowest BCUT2D eigenvalue weighted by Crippen LogP contribution is -2.25. The average molecular weight is 303 g/mol. The number of H-pyrrole nitrogens is 1. The Hall–Kier alpha value is -2.57. The summed E-state index contributed by atoms with van der Waals surface area (Å²) in [6.45, 7) is 5.21. The van der Waals surface area contributed by atoms with Gasteiger partial charge in [0.15, 0.2) is 0 Å². The van der Waals surface area contributed by atoms with Gasteiger partial charge in [-0.2, -0.15) is 5.26 Å². The largest absolute Gasteiger partial charge is 0.361 e. The summed E-state index contributed by atoms with van der Waals surface area (Å²) < 4.78 is 0. The predicted octanol–water partition coefficient (Wildman–Crippen LogP) is 4.10. The Morgan fingerprint density at radius 3 is 2.70 bits per heavy atom. The number of fused-ring (bicyclic) bond motifs is 1. The van der Waals surface area contributed by atoms with Crippen LogP contribution >= 0.6 is 0 Å². The van der Waals surface area contributed by atoms with E-state index in [9.17, 15) is 0 Å². The summed E-state index contributed by atoms with van der Waals surface area (Å²) in [7, 11) is 0. The van der Waals surface area contributed by atoms with Crippen molar-refractivity contribution in [1.29, 1.82) is 5.26 Å². The molecule has 3 heteroatoms. The molecule has 0 aliphatic rings. The van der Waals surface area contributed by atoms with Crippen LogP contribution in [0.2, 0.25) is 0 Å². The molecular weight excluding hydrogens is 282 g/mol. The second kappa shape index (κ2) is 7.13. The Kier molecular flexibility index (Phi) is 4.75. The third-order valence-electron chi connectivity index (χ3n) is 4.29. The zero-order chi connectivity index (χ0) is 16.1. The van der Waals surface area contributed by atoms with Gasteiger partial charge in [-0.3, -0.25) is 4.90 Å². The maximum absolute atomic E-state index is 9.08. The van der Waals surface area contributed by atoms with Crippen molar-refractivity contribution >= 4 is 10.9 Å². The highest BCUT2D eigenvalue weighted by Gasteiger charge is 2.08. The van der Waals surface area contributed by atoms with Crippen LogP contribution < -0.4 is 0 Å². The van der Waals surface area contributed by atoms with Gasteiger partial charge in [-0.25, -0.2) is 0 Å². The number of rotatable bonds is 6. The Morgan fingerprint density at radius 2 is 1.96 bits per heavy atom. The number of aromatic nitrogens is 1. The lowest BCUT2D eigenvalue weighted by atomic mass is 10.1. The Bertz CT molecular complexity index is 812. The van der Waals surface area contributed by atoms with Crippen molar-refractivity contribution < 1.29 is 0 Å². The number of benzene rings is 2. The van der Waals surface area contributed by atoms with Crippen molar-refractivity contribution in [3.8, 4) is 6.07 Å². The lowest BCUT2D eigenvalue weighted by molar-refractivity contribution is 0.284. The van der Waals surface area contributed by atoms with Crippen molar-refractivity contribution in [3.63, 3.8) is 0 Å². The summed E-state index contributed by atoms with van der Waals surface area (Å²) in [6, 6.07) is 18.6. The summed E-state index contributed by atoms with van der Waals surface area (Å²) in [6.07, 6.45) is 3.05. The fourth-order valence-corrected chi connectivity index (χ4v) is 2.92. The first kappa shape index (κ1) is 15.3. The number of aromatic amines is 1. The van der Waals surface area contributed by atoms with E-state index in [0.29, 0.717) is 0 Å². The number of likely N-dealkylation sites (N-methyl/N-ethyl adjacent to an activating group) is 1. The molecule has 0 bridgehead atoms. The zero-order valence-corrected chi connectivity index (χ0v) is 13.4. The Labute approximate surface area is 137 Å². The third kappa shape index (κ3) is 3.61. The number of hydrogen-bond donors (Lipinski definition) is 1. The van der Waals surface area contributed by atoms with Gasteiger partial charge in [0.1, 0.15) is 0 Å². The standard InChI is InChI=1S/C20H21N3/c1-2-23(15-16-6-4-3-5-7-16)11-10-18-14-22-20-9-8-17(13-21)12-19(18)20/h3-9,12,14,22H,2,10-11,15H2,1H3. The van der Waals surface area contributed by atoms with E-state index >= 15 is 0 Å². The molecule has 0 amide bonds. The molecule has 1 N–H and O–H groups in total. The number of nitrogens with one attached hydrogen (secondary N) is 1. The van der Waals surface area contributed by atoms with E-state index in [4.69, 9.17) is 5.26 Å². The summed E-state index contributed by atoms with van der Waals surface area (Å²) in [4.78, 5) is 5.75. The van der Waals surface area contributed by atoms with Gasteiger partial charge in [0.05, 0.1) is 11.6 Å². The molecule has 0 spiro atoms. The minimum absolute atomic E-state index is 0.718. The van der Waals surface area contributed by atoms with Crippen LogP contribution in [0.1, 0.15) is 23.6 Å². The van der Waals surface area contributed by atoms with Gasteiger partial charge in [-0.15, -0.1) is 0 Å². The van der Waals surface area contributed by atoms with Crippen molar-refractivity contribution in [2.45, 2.75) is 19.9 Å². The molecule has 0 unspecified atom stereocenters. The number of nitrogens with zero attached hydrogens (tertiary/aromatic N) is 2. The van der Waals surface area contributed by atoms with Crippen LogP contribution in [0.5, 0.6) is 0 Å². The Balaban J connectivity index is 1.70. The van der Waals surface area contributed by atoms with Crippen LogP contribution in [0.3, 0.4) is 0 Å². The van der Waals surface area contributed by atoms with Gasteiger partial charge in [0, 0.05) is 30.2 Å². The average Bonchev–Trinajstić information content (AvgIpc) is 3.01. The second-order valence-electron chi connectivity index (χ2n) is 5.79. The van der Waals surface area contributed by atoms with Crippen molar-refractivity contribution in [2.75, 3.05) is 13.1 Å². The zero-order valence-electron chi connectivity index (χ0n) is 13.4.